The summed E-state index contributed by atoms with van der Waals surface area (Å²) in [6, 6.07) is 13.5. The number of ether oxygens (including phenoxy) is 3. The van der Waals surface area contributed by atoms with Crippen molar-refractivity contribution >= 4 is 18.1 Å². The lowest BCUT2D eigenvalue weighted by Gasteiger charge is -2.25. The van der Waals surface area contributed by atoms with Crippen LogP contribution < -0.4 is 14.9 Å². The number of methoxy groups -OCH3 is 1. The monoisotopic (exact) mass is 397 g/mol. The van der Waals surface area contributed by atoms with Crippen LogP contribution in [0.1, 0.15) is 15.9 Å². The highest BCUT2D eigenvalue weighted by Gasteiger charge is 2.13. The summed E-state index contributed by atoms with van der Waals surface area (Å²) in [6.45, 7) is 3.07. The van der Waals surface area contributed by atoms with Crippen molar-refractivity contribution in [2.24, 2.45) is 5.10 Å². The van der Waals surface area contributed by atoms with Gasteiger partial charge in [-0.05, 0) is 54.1 Å². The predicted molar refractivity (Wildman–Crippen MR) is 107 cm³/mol. The highest BCUT2D eigenvalue weighted by molar-refractivity contribution is 5.91. The highest BCUT2D eigenvalue weighted by atomic mass is 16.5. The van der Waals surface area contributed by atoms with Crippen LogP contribution in [0, 0.1) is 0 Å². The van der Waals surface area contributed by atoms with E-state index in [4.69, 9.17) is 14.2 Å². The molecule has 2 aromatic carbocycles. The number of amides is 1. The summed E-state index contributed by atoms with van der Waals surface area (Å²) >= 11 is 0. The average Bonchev–Trinajstić information content (AvgIpc) is 2.75. The zero-order chi connectivity index (χ0) is 20.5. The highest BCUT2D eigenvalue weighted by Crippen LogP contribution is 2.16. The van der Waals surface area contributed by atoms with Crippen molar-refractivity contribution < 1.29 is 23.8 Å². The fourth-order valence-electron chi connectivity index (χ4n) is 2.69. The lowest BCUT2D eigenvalue weighted by Crippen LogP contribution is -2.42. The van der Waals surface area contributed by atoms with E-state index in [0.717, 1.165) is 18.7 Å². The zero-order valence-electron chi connectivity index (χ0n) is 16.2. The molecule has 1 heterocycles. The van der Waals surface area contributed by atoms with Gasteiger partial charge < -0.3 is 14.2 Å². The molecule has 0 saturated carbocycles. The Morgan fingerprint density at radius 2 is 1.72 bits per heavy atom. The summed E-state index contributed by atoms with van der Waals surface area (Å²) in [5.74, 6) is 0.458. The van der Waals surface area contributed by atoms with E-state index in [1.807, 2.05) is 4.90 Å². The standard InChI is InChI=1S/C21H23N3O5/c1-27-18-8-4-17(5-9-18)21(26)29-19-6-2-16(3-7-19)14-22-23-20(25)15-24-10-12-28-13-11-24/h2-9,14H,10-13,15H2,1H3,(H,23,25). The Bertz CT molecular complexity index is 844. The Morgan fingerprint density at radius 3 is 2.38 bits per heavy atom. The molecule has 0 spiro atoms. The normalized spacial score (nSPS) is 14.5. The van der Waals surface area contributed by atoms with Crippen molar-refractivity contribution in [3.63, 3.8) is 0 Å². The fraction of sp³-hybridized carbons (Fsp3) is 0.286. The Labute approximate surface area is 169 Å². The molecule has 2 aromatic rings. The second kappa shape index (κ2) is 10.4. The minimum atomic E-state index is -0.454. The van der Waals surface area contributed by atoms with E-state index < -0.39 is 5.97 Å². The third-order valence-corrected chi connectivity index (χ3v) is 4.29. The van der Waals surface area contributed by atoms with Gasteiger partial charge in [-0.25, -0.2) is 10.2 Å². The summed E-state index contributed by atoms with van der Waals surface area (Å²) in [5.41, 5.74) is 3.70. The largest absolute Gasteiger partial charge is 0.497 e. The van der Waals surface area contributed by atoms with E-state index in [9.17, 15) is 9.59 Å². The maximum atomic E-state index is 12.2. The lowest BCUT2D eigenvalue weighted by molar-refractivity contribution is -0.123. The van der Waals surface area contributed by atoms with Gasteiger partial charge in [0, 0.05) is 13.1 Å². The van der Waals surface area contributed by atoms with Gasteiger partial charge in [0.2, 0.25) is 0 Å². The van der Waals surface area contributed by atoms with Gasteiger partial charge in [-0.1, -0.05) is 0 Å². The maximum absolute atomic E-state index is 12.2. The summed E-state index contributed by atoms with van der Waals surface area (Å²) in [5, 5.41) is 3.96. The van der Waals surface area contributed by atoms with Gasteiger partial charge in [0.25, 0.3) is 5.91 Å². The number of morpholine rings is 1. The summed E-state index contributed by atoms with van der Waals surface area (Å²) < 4.78 is 15.7. The van der Waals surface area contributed by atoms with Gasteiger partial charge in [-0.3, -0.25) is 9.69 Å². The van der Waals surface area contributed by atoms with E-state index in [0.29, 0.717) is 36.8 Å². The zero-order valence-corrected chi connectivity index (χ0v) is 16.2. The first-order chi connectivity index (χ1) is 14.1. The number of esters is 1. The molecule has 1 N–H and O–H groups in total. The van der Waals surface area contributed by atoms with Gasteiger partial charge in [0.1, 0.15) is 11.5 Å². The number of benzene rings is 2. The van der Waals surface area contributed by atoms with Gasteiger partial charge >= 0.3 is 5.97 Å². The summed E-state index contributed by atoms with van der Waals surface area (Å²) in [4.78, 5) is 26.1. The molecule has 1 aliphatic rings. The molecule has 1 amide bonds. The van der Waals surface area contributed by atoms with Crippen LogP contribution in [-0.2, 0) is 9.53 Å². The molecular formula is C21H23N3O5. The van der Waals surface area contributed by atoms with E-state index in [1.54, 1.807) is 55.6 Å². The van der Waals surface area contributed by atoms with Gasteiger partial charge in [-0.2, -0.15) is 5.10 Å². The summed E-state index contributed by atoms with van der Waals surface area (Å²) in [6.07, 6.45) is 1.53. The number of carbonyl (C=O) groups excluding carboxylic acids is 2. The molecule has 0 radical (unpaired) electrons. The minimum Gasteiger partial charge on any atom is -0.497 e. The number of nitrogens with one attached hydrogen (secondary N) is 1. The molecule has 1 saturated heterocycles. The Morgan fingerprint density at radius 1 is 1.07 bits per heavy atom. The van der Waals surface area contributed by atoms with Crippen molar-refractivity contribution in [3.8, 4) is 11.5 Å². The first kappa shape index (κ1) is 20.5. The van der Waals surface area contributed by atoms with Gasteiger partial charge in [-0.15, -0.1) is 0 Å². The first-order valence-corrected chi connectivity index (χ1v) is 9.22. The number of hydrogen-bond acceptors (Lipinski definition) is 7. The Balaban J connectivity index is 1.46. The van der Waals surface area contributed by atoms with E-state index in [-0.39, 0.29) is 5.91 Å². The van der Waals surface area contributed by atoms with Gasteiger partial charge in [0.15, 0.2) is 0 Å². The van der Waals surface area contributed by atoms with Crippen molar-refractivity contribution in [3.05, 3.63) is 59.7 Å². The second-order valence-electron chi connectivity index (χ2n) is 6.37. The van der Waals surface area contributed by atoms with Crippen LogP contribution in [0.25, 0.3) is 0 Å². The molecule has 29 heavy (non-hydrogen) atoms. The van der Waals surface area contributed by atoms with Crippen molar-refractivity contribution in [2.45, 2.75) is 0 Å². The molecule has 0 atom stereocenters. The Kier molecular flexibility index (Phi) is 7.32. The van der Waals surface area contributed by atoms with E-state index >= 15 is 0 Å². The van der Waals surface area contributed by atoms with Crippen molar-refractivity contribution in [1.29, 1.82) is 0 Å². The van der Waals surface area contributed by atoms with Crippen LogP contribution >= 0.6 is 0 Å². The average molecular weight is 397 g/mol. The number of rotatable bonds is 7. The molecule has 0 aromatic heterocycles. The van der Waals surface area contributed by atoms with E-state index in [1.165, 1.54) is 6.21 Å². The SMILES string of the molecule is COc1ccc(C(=O)Oc2ccc(C=NNC(=O)CN3CCOCC3)cc2)cc1. The van der Waals surface area contributed by atoms with Crippen LogP contribution in [0.5, 0.6) is 11.5 Å². The van der Waals surface area contributed by atoms with Crippen LogP contribution in [0.2, 0.25) is 0 Å². The van der Waals surface area contributed by atoms with Crippen LogP contribution in [0.15, 0.2) is 53.6 Å². The number of carbonyl (C=O) groups is 2. The van der Waals surface area contributed by atoms with Crippen molar-refractivity contribution in [1.82, 2.24) is 10.3 Å². The topological polar surface area (TPSA) is 89.5 Å². The second-order valence-corrected chi connectivity index (χ2v) is 6.37. The number of hydrazone groups is 1. The van der Waals surface area contributed by atoms with Crippen LogP contribution in [-0.4, -0.2) is 62.9 Å². The molecule has 8 nitrogen and oxygen atoms in total. The Hall–Kier alpha value is -3.23. The molecule has 0 bridgehead atoms. The molecule has 0 aliphatic carbocycles. The third kappa shape index (κ3) is 6.41. The molecule has 3 rings (SSSR count). The minimum absolute atomic E-state index is 0.173. The smallest absolute Gasteiger partial charge is 0.343 e. The molecule has 0 unspecified atom stereocenters. The first-order valence-electron chi connectivity index (χ1n) is 9.22. The maximum Gasteiger partial charge on any atom is 0.343 e. The molecular weight excluding hydrogens is 374 g/mol. The van der Waals surface area contributed by atoms with Gasteiger partial charge in [0.05, 0.1) is 38.6 Å². The number of nitrogens with zero attached hydrogens (tertiary/aromatic N) is 2. The van der Waals surface area contributed by atoms with Crippen LogP contribution in [0.4, 0.5) is 0 Å². The quantitative estimate of drug-likeness (QED) is 0.331. The molecule has 1 aliphatic heterocycles. The third-order valence-electron chi connectivity index (χ3n) is 4.29. The van der Waals surface area contributed by atoms with Crippen LogP contribution in [0.3, 0.4) is 0 Å². The van der Waals surface area contributed by atoms with E-state index in [2.05, 4.69) is 10.5 Å². The van der Waals surface area contributed by atoms with Crippen molar-refractivity contribution in [2.75, 3.05) is 40.0 Å². The summed E-state index contributed by atoms with van der Waals surface area (Å²) in [7, 11) is 1.56. The molecule has 152 valence electrons. The fourth-order valence-corrected chi connectivity index (χ4v) is 2.69. The molecule has 8 heteroatoms. The number of hydrogen-bond donors (Lipinski definition) is 1. The predicted octanol–water partition coefficient (Wildman–Crippen LogP) is 1.70. The lowest BCUT2D eigenvalue weighted by atomic mass is 10.2. The molecule has 1 fully saturated rings.